The molecular weight excluding hydrogens is 473 g/mol. The van der Waals surface area contributed by atoms with Crippen LogP contribution in [0.15, 0.2) is 54.9 Å². The summed E-state index contributed by atoms with van der Waals surface area (Å²) in [5, 5.41) is 12.9. The van der Waals surface area contributed by atoms with Gasteiger partial charge in [0.25, 0.3) is 5.91 Å². The topological polar surface area (TPSA) is 92.5 Å². The molecule has 0 atom stereocenters. The highest BCUT2D eigenvalue weighted by atomic mass is 19.1. The Morgan fingerprint density at radius 3 is 2.92 bits per heavy atom. The number of carbonyl (C=O) groups is 1. The van der Waals surface area contributed by atoms with Crippen molar-refractivity contribution in [1.29, 1.82) is 0 Å². The molecule has 4 aromatic rings. The highest BCUT2D eigenvalue weighted by molar-refractivity contribution is 5.95. The number of ether oxygens (including phenoxy) is 1. The Kier molecular flexibility index (Phi) is 5.84. The van der Waals surface area contributed by atoms with E-state index < -0.39 is 5.82 Å². The smallest absolute Gasteiger partial charge is 0.270 e. The lowest BCUT2D eigenvalue weighted by molar-refractivity contribution is 0.0689. The van der Waals surface area contributed by atoms with Crippen LogP contribution in [0.5, 0.6) is 5.75 Å². The molecule has 2 N–H and O–H groups in total. The fourth-order valence-corrected chi connectivity index (χ4v) is 4.98. The number of aliphatic hydroxyl groups is 1. The Morgan fingerprint density at radius 1 is 1.16 bits per heavy atom. The van der Waals surface area contributed by atoms with E-state index in [1.54, 1.807) is 17.2 Å². The molecule has 4 heterocycles. The van der Waals surface area contributed by atoms with Crippen LogP contribution in [0, 0.1) is 12.7 Å². The second-order valence-electron chi connectivity index (χ2n) is 9.35. The third-order valence-corrected chi connectivity index (χ3v) is 6.92. The first kappa shape index (κ1) is 23.2. The molecule has 0 saturated carbocycles. The quantitative estimate of drug-likeness (QED) is 0.413. The first-order chi connectivity index (χ1) is 18.0. The SMILES string of the molecule is Cc1cnc(Nc2cccc3c2OCC3)nc1-c1cc2n(c1)CCN(Cc1cc(F)ccc1CO)C2=O. The van der Waals surface area contributed by atoms with Gasteiger partial charge >= 0.3 is 0 Å². The fraction of sp³-hybridized carbons (Fsp3) is 0.250. The molecule has 2 aliphatic rings. The van der Waals surface area contributed by atoms with Crippen molar-refractivity contribution in [2.75, 3.05) is 18.5 Å². The number of aliphatic hydroxyl groups excluding tert-OH is 1. The number of hydrogen-bond acceptors (Lipinski definition) is 6. The van der Waals surface area contributed by atoms with Crippen molar-refractivity contribution >= 4 is 17.5 Å². The van der Waals surface area contributed by atoms with Gasteiger partial charge in [0.2, 0.25) is 5.95 Å². The van der Waals surface area contributed by atoms with Crippen molar-refractivity contribution in [3.8, 4) is 17.0 Å². The highest BCUT2D eigenvalue weighted by Crippen LogP contribution is 2.35. The highest BCUT2D eigenvalue weighted by Gasteiger charge is 2.27. The maximum absolute atomic E-state index is 13.8. The van der Waals surface area contributed by atoms with Crippen LogP contribution in [0.4, 0.5) is 16.0 Å². The number of aryl methyl sites for hydroxylation is 1. The van der Waals surface area contributed by atoms with Crippen LogP contribution < -0.4 is 10.1 Å². The van der Waals surface area contributed by atoms with E-state index in [2.05, 4.69) is 16.4 Å². The number of aromatic nitrogens is 3. The van der Waals surface area contributed by atoms with Crippen molar-refractivity contribution < 1.29 is 19.0 Å². The second-order valence-corrected chi connectivity index (χ2v) is 9.35. The minimum Gasteiger partial charge on any atom is -0.491 e. The van der Waals surface area contributed by atoms with Crippen molar-refractivity contribution in [2.45, 2.75) is 33.0 Å². The fourth-order valence-electron chi connectivity index (χ4n) is 4.98. The lowest BCUT2D eigenvalue weighted by Gasteiger charge is -2.29. The zero-order valence-electron chi connectivity index (χ0n) is 20.4. The molecule has 0 unspecified atom stereocenters. The van der Waals surface area contributed by atoms with Gasteiger partial charge in [-0.25, -0.2) is 14.4 Å². The monoisotopic (exact) mass is 499 g/mol. The number of carbonyl (C=O) groups excluding carboxylic acids is 1. The van der Waals surface area contributed by atoms with E-state index in [0.29, 0.717) is 42.5 Å². The van der Waals surface area contributed by atoms with Crippen molar-refractivity contribution in [2.24, 2.45) is 0 Å². The molecule has 188 valence electrons. The van der Waals surface area contributed by atoms with Gasteiger partial charge < -0.3 is 24.6 Å². The zero-order chi connectivity index (χ0) is 25.5. The Bertz CT molecular complexity index is 1520. The van der Waals surface area contributed by atoms with Gasteiger partial charge in [0.05, 0.1) is 24.6 Å². The van der Waals surface area contributed by atoms with Gasteiger partial charge in [0, 0.05) is 44.0 Å². The maximum atomic E-state index is 13.8. The van der Waals surface area contributed by atoms with E-state index in [0.717, 1.165) is 40.2 Å². The Balaban J connectivity index is 1.27. The van der Waals surface area contributed by atoms with Crippen molar-refractivity contribution in [3.05, 3.63) is 88.6 Å². The number of benzene rings is 2. The molecule has 0 radical (unpaired) electrons. The van der Waals surface area contributed by atoms with Gasteiger partial charge in [0.1, 0.15) is 17.3 Å². The molecule has 0 bridgehead atoms. The van der Waals surface area contributed by atoms with Crippen LogP contribution >= 0.6 is 0 Å². The summed E-state index contributed by atoms with van der Waals surface area (Å²) in [7, 11) is 0. The number of amides is 1. The Labute approximate surface area is 213 Å². The minimum atomic E-state index is -0.391. The van der Waals surface area contributed by atoms with E-state index in [4.69, 9.17) is 9.72 Å². The molecular formula is C28H26FN5O3. The van der Waals surface area contributed by atoms with E-state index >= 15 is 0 Å². The average Bonchev–Trinajstić information content (AvgIpc) is 3.55. The summed E-state index contributed by atoms with van der Waals surface area (Å²) in [5.74, 6) is 0.746. The predicted molar refractivity (Wildman–Crippen MR) is 136 cm³/mol. The maximum Gasteiger partial charge on any atom is 0.270 e. The van der Waals surface area contributed by atoms with E-state index in [1.807, 2.05) is 35.9 Å². The summed E-state index contributed by atoms with van der Waals surface area (Å²) in [6, 6.07) is 12.1. The number of nitrogens with one attached hydrogen (secondary N) is 1. The average molecular weight is 500 g/mol. The lowest BCUT2D eigenvalue weighted by atomic mass is 10.1. The molecule has 9 heteroatoms. The summed E-state index contributed by atoms with van der Waals surface area (Å²) >= 11 is 0. The molecule has 6 rings (SSSR count). The number of hydrogen-bond donors (Lipinski definition) is 2. The van der Waals surface area contributed by atoms with Gasteiger partial charge in [-0.2, -0.15) is 0 Å². The Hall–Kier alpha value is -4.24. The molecule has 2 aliphatic heterocycles. The van der Waals surface area contributed by atoms with Gasteiger partial charge in [-0.05, 0) is 53.4 Å². The van der Waals surface area contributed by atoms with Gasteiger partial charge in [-0.1, -0.05) is 18.2 Å². The number of anilines is 2. The number of fused-ring (bicyclic) bond motifs is 2. The zero-order valence-corrected chi connectivity index (χ0v) is 20.4. The van der Waals surface area contributed by atoms with Crippen LogP contribution in [0.25, 0.3) is 11.3 Å². The summed E-state index contributed by atoms with van der Waals surface area (Å²) in [4.78, 5) is 24.2. The molecule has 0 saturated heterocycles. The van der Waals surface area contributed by atoms with Gasteiger partial charge in [-0.3, -0.25) is 4.79 Å². The summed E-state index contributed by atoms with van der Waals surface area (Å²) in [5.41, 5.74) is 6.20. The number of para-hydroxylation sites is 1. The van der Waals surface area contributed by atoms with Crippen LogP contribution in [0.1, 0.15) is 32.7 Å². The molecule has 0 fully saturated rings. The van der Waals surface area contributed by atoms with Crippen LogP contribution in [-0.2, 0) is 26.1 Å². The third kappa shape index (κ3) is 4.31. The third-order valence-electron chi connectivity index (χ3n) is 6.92. The molecule has 2 aromatic heterocycles. The number of halogens is 1. The summed E-state index contributed by atoms with van der Waals surface area (Å²) < 4.78 is 21.5. The molecule has 8 nitrogen and oxygen atoms in total. The first-order valence-corrected chi connectivity index (χ1v) is 12.2. The van der Waals surface area contributed by atoms with Crippen LogP contribution in [-0.4, -0.2) is 43.6 Å². The number of nitrogens with zero attached hydrogens (tertiary/aromatic N) is 4. The standard InChI is InChI=1S/C28H26FN5O3/c1-17-13-30-28(31-23-4-2-3-18-7-10-37-26(18)23)32-25(17)21-12-24-27(36)34(9-8-33(24)15-21)14-20-11-22(29)6-5-19(20)16-35/h2-6,11-13,15,35H,7-10,14,16H2,1H3,(H,30,31,32). The van der Waals surface area contributed by atoms with Gasteiger partial charge in [-0.15, -0.1) is 0 Å². The largest absolute Gasteiger partial charge is 0.491 e. The molecule has 37 heavy (non-hydrogen) atoms. The second kappa shape index (κ2) is 9.33. The lowest BCUT2D eigenvalue weighted by Crippen LogP contribution is -2.39. The molecule has 1 amide bonds. The van der Waals surface area contributed by atoms with Crippen molar-refractivity contribution in [3.63, 3.8) is 0 Å². The first-order valence-electron chi connectivity index (χ1n) is 12.2. The molecule has 2 aromatic carbocycles. The molecule has 0 aliphatic carbocycles. The van der Waals surface area contributed by atoms with Crippen LogP contribution in [0.2, 0.25) is 0 Å². The minimum absolute atomic E-state index is 0.146. The number of rotatable bonds is 6. The predicted octanol–water partition coefficient (Wildman–Crippen LogP) is 4.22. The van der Waals surface area contributed by atoms with Crippen molar-refractivity contribution in [1.82, 2.24) is 19.4 Å². The van der Waals surface area contributed by atoms with Crippen LogP contribution in [0.3, 0.4) is 0 Å². The Morgan fingerprint density at radius 2 is 2.05 bits per heavy atom. The summed E-state index contributed by atoms with van der Waals surface area (Å²) in [6.45, 7) is 3.71. The molecule has 0 spiro atoms. The van der Waals surface area contributed by atoms with E-state index in [-0.39, 0.29) is 19.1 Å². The van der Waals surface area contributed by atoms with Gasteiger partial charge in [0.15, 0.2) is 0 Å². The summed E-state index contributed by atoms with van der Waals surface area (Å²) in [6.07, 6.45) is 4.58. The van der Waals surface area contributed by atoms with E-state index in [1.165, 1.54) is 12.1 Å². The van der Waals surface area contributed by atoms with E-state index in [9.17, 15) is 14.3 Å². The normalized spacial score (nSPS) is 14.4.